The fourth-order valence-corrected chi connectivity index (χ4v) is 3.49. The minimum atomic E-state index is 0.292. The zero-order valence-corrected chi connectivity index (χ0v) is 14.8. The fourth-order valence-electron chi connectivity index (χ4n) is 3.36. The van der Waals surface area contributed by atoms with Gasteiger partial charge < -0.3 is 4.74 Å². The Kier molecular flexibility index (Phi) is 4.86. The van der Waals surface area contributed by atoms with Gasteiger partial charge in [-0.15, -0.1) is 0 Å². The Hall–Kier alpha value is -2.10. The molecule has 0 aliphatic carbocycles. The van der Waals surface area contributed by atoms with Crippen molar-refractivity contribution in [1.82, 2.24) is 9.88 Å². The van der Waals surface area contributed by atoms with E-state index in [0.717, 1.165) is 48.6 Å². The van der Waals surface area contributed by atoms with Crippen molar-refractivity contribution in [2.75, 3.05) is 13.1 Å². The number of piperidine rings is 1. The van der Waals surface area contributed by atoms with Crippen LogP contribution in [0.15, 0.2) is 60.9 Å². The number of rotatable bonds is 4. The molecule has 0 spiro atoms. The SMILES string of the molecule is Clc1ccc(CN2CCC(Oc3ccc4cnccc4c3)CC2)cc1. The number of likely N-dealkylation sites (tertiary alicyclic amines) is 1. The van der Waals surface area contributed by atoms with Crippen LogP contribution in [0.2, 0.25) is 5.02 Å². The van der Waals surface area contributed by atoms with Crippen molar-refractivity contribution < 1.29 is 4.74 Å². The second kappa shape index (κ2) is 7.42. The Bertz CT molecular complexity index is 842. The number of hydrogen-bond acceptors (Lipinski definition) is 3. The minimum Gasteiger partial charge on any atom is -0.490 e. The van der Waals surface area contributed by atoms with Crippen LogP contribution >= 0.6 is 11.6 Å². The molecule has 2 aromatic carbocycles. The van der Waals surface area contributed by atoms with Crippen molar-refractivity contribution in [2.24, 2.45) is 0 Å². The molecule has 0 amide bonds. The molecule has 4 heteroatoms. The molecule has 1 saturated heterocycles. The Morgan fingerprint density at radius 3 is 2.60 bits per heavy atom. The molecule has 4 rings (SSSR count). The van der Waals surface area contributed by atoms with E-state index in [1.165, 1.54) is 10.9 Å². The summed E-state index contributed by atoms with van der Waals surface area (Å²) in [6, 6.07) is 16.4. The Morgan fingerprint density at radius 2 is 1.80 bits per heavy atom. The van der Waals surface area contributed by atoms with Crippen LogP contribution in [0.1, 0.15) is 18.4 Å². The zero-order valence-electron chi connectivity index (χ0n) is 14.1. The standard InChI is InChI=1S/C21H21ClN2O/c22-19-4-1-16(2-5-19)15-24-11-8-20(9-12-24)25-21-6-3-18-14-23-10-7-17(18)13-21/h1-7,10,13-14,20H,8-9,11-12,15H2. The molecule has 3 aromatic rings. The number of fused-ring (bicyclic) bond motifs is 1. The van der Waals surface area contributed by atoms with Gasteiger partial charge in [0.2, 0.25) is 0 Å². The highest BCUT2D eigenvalue weighted by molar-refractivity contribution is 6.30. The second-order valence-corrected chi connectivity index (χ2v) is 7.04. The predicted molar refractivity (Wildman–Crippen MR) is 102 cm³/mol. The number of pyridine rings is 1. The van der Waals surface area contributed by atoms with Gasteiger partial charge in [0.15, 0.2) is 0 Å². The highest BCUT2D eigenvalue weighted by atomic mass is 35.5. The van der Waals surface area contributed by atoms with E-state index in [2.05, 4.69) is 34.1 Å². The second-order valence-electron chi connectivity index (χ2n) is 6.60. The third-order valence-electron chi connectivity index (χ3n) is 4.77. The van der Waals surface area contributed by atoms with Gasteiger partial charge in [-0.3, -0.25) is 9.88 Å². The van der Waals surface area contributed by atoms with Gasteiger partial charge in [-0.2, -0.15) is 0 Å². The maximum atomic E-state index is 6.21. The molecule has 1 fully saturated rings. The molecular formula is C21H21ClN2O. The average molecular weight is 353 g/mol. The Balaban J connectivity index is 1.32. The fraction of sp³-hybridized carbons (Fsp3) is 0.286. The average Bonchev–Trinajstić information content (AvgIpc) is 2.65. The number of halogens is 1. The van der Waals surface area contributed by atoms with Gasteiger partial charge in [-0.1, -0.05) is 23.7 Å². The van der Waals surface area contributed by atoms with E-state index in [9.17, 15) is 0 Å². The lowest BCUT2D eigenvalue weighted by molar-refractivity contribution is 0.0969. The van der Waals surface area contributed by atoms with E-state index in [-0.39, 0.29) is 0 Å². The van der Waals surface area contributed by atoms with Gasteiger partial charge in [-0.25, -0.2) is 0 Å². The smallest absolute Gasteiger partial charge is 0.120 e. The first kappa shape index (κ1) is 16.4. The lowest BCUT2D eigenvalue weighted by Gasteiger charge is -2.32. The van der Waals surface area contributed by atoms with E-state index < -0.39 is 0 Å². The van der Waals surface area contributed by atoms with Gasteiger partial charge in [0.05, 0.1) is 0 Å². The monoisotopic (exact) mass is 352 g/mol. The maximum absolute atomic E-state index is 6.21. The Morgan fingerprint density at radius 1 is 1.00 bits per heavy atom. The molecule has 0 unspecified atom stereocenters. The van der Waals surface area contributed by atoms with E-state index in [1.807, 2.05) is 36.7 Å². The topological polar surface area (TPSA) is 25.4 Å². The first-order valence-electron chi connectivity index (χ1n) is 8.73. The number of benzene rings is 2. The van der Waals surface area contributed by atoms with Crippen molar-refractivity contribution >= 4 is 22.4 Å². The largest absolute Gasteiger partial charge is 0.490 e. The van der Waals surface area contributed by atoms with Crippen LogP contribution in [0, 0.1) is 0 Å². The maximum Gasteiger partial charge on any atom is 0.120 e. The van der Waals surface area contributed by atoms with Crippen molar-refractivity contribution in [3.05, 3.63) is 71.5 Å². The summed E-state index contributed by atoms with van der Waals surface area (Å²) in [5, 5.41) is 3.11. The molecule has 0 bridgehead atoms. The molecule has 1 aliphatic heterocycles. The van der Waals surface area contributed by atoms with Crippen LogP contribution in [0.3, 0.4) is 0 Å². The molecule has 1 aliphatic rings. The summed E-state index contributed by atoms with van der Waals surface area (Å²) < 4.78 is 6.21. The summed E-state index contributed by atoms with van der Waals surface area (Å²) in [4.78, 5) is 6.63. The van der Waals surface area contributed by atoms with Crippen molar-refractivity contribution in [3.63, 3.8) is 0 Å². The van der Waals surface area contributed by atoms with Crippen LogP contribution < -0.4 is 4.74 Å². The highest BCUT2D eigenvalue weighted by Gasteiger charge is 2.20. The molecule has 1 aromatic heterocycles. The first-order valence-corrected chi connectivity index (χ1v) is 9.11. The number of nitrogens with zero attached hydrogens (tertiary/aromatic N) is 2. The first-order chi connectivity index (χ1) is 12.3. The van der Waals surface area contributed by atoms with E-state index in [4.69, 9.17) is 16.3 Å². The van der Waals surface area contributed by atoms with Crippen molar-refractivity contribution in [2.45, 2.75) is 25.5 Å². The summed E-state index contributed by atoms with van der Waals surface area (Å²) in [7, 11) is 0. The summed E-state index contributed by atoms with van der Waals surface area (Å²) in [6.07, 6.45) is 6.11. The van der Waals surface area contributed by atoms with Crippen LogP contribution in [-0.2, 0) is 6.54 Å². The lowest BCUT2D eigenvalue weighted by Crippen LogP contribution is -2.37. The molecule has 0 radical (unpaired) electrons. The van der Waals surface area contributed by atoms with Crippen LogP contribution in [-0.4, -0.2) is 29.1 Å². The van der Waals surface area contributed by atoms with Gasteiger partial charge in [0.25, 0.3) is 0 Å². The number of ether oxygens (including phenoxy) is 1. The van der Waals surface area contributed by atoms with Crippen LogP contribution in [0.4, 0.5) is 0 Å². The molecule has 0 saturated carbocycles. The van der Waals surface area contributed by atoms with Gasteiger partial charge in [-0.05, 0) is 60.2 Å². The van der Waals surface area contributed by atoms with Gasteiger partial charge >= 0.3 is 0 Å². The van der Waals surface area contributed by atoms with Crippen molar-refractivity contribution in [1.29, 1.82) is 0 Å². The quantitative estimate of drug-likeness (QED) is 0.665. The summed E-state index contributed by atoms with van der Waals surface area (Å²) in [5.41, 5.74) is 1.31. The van der Waals surface area contributed by atoms with E-state index >= 15 is 0 Å². The summed E-state index contributed by atoms with van der Waals surface area (Å²) in [5.74, 6) is 0.954. The molecule has 2 heterocycles. The van der Waals surface area contributed by atoms with Gasteiger partial charge in [0, 0.05) is 42.4 Å². The third-order valence-corrected chi connectivity index (χ3v) is 5.02. The molecule has 0 atom stereocenters. The predicted octanol–water partition coefficient (Wildman–Crippen LogP) is 4.93. The van der Waals surface area contributed by atoms with Crippen LogP contribution in [0.5, 0.6) is 5.75 Å². The van der Waals surface area contributed by atoms with E-state index in [1.54, 1.807) is 0 Å². The van der Waals surface area contributed by atoms with Crippen molar-refractivity contribution in [3.8, 4) is 5.75 Å². The van der Waals surface area contributed by atoms with Crippen LogP contribution in [0.25, 0.3) is 10.8 Å². The molecule has 3 nitrogen and oxygen atoms in total. The zero-order chi connectivity index (χ0) is 17.1. The van der Waals surface area contributed by atoms with Gasteiger partial charge in [0.1, 0.15) is 11.9 Å². The molecular weight excluding hydrogens is 332 g/mol. The third kappa shape index (κ3) is 4.12. The number of aromatic nitrogens is 1. The Labute approximate surface area is 153 Å². The highest BCUT2D eigenvalue weighted by Crippen LogP contribution is 2.24. The molecule has 128 valence electrons. The summed E-state index contributed by atoms with van der Waals surface area (Å²) in [6.45, 7) is 3.10. The normalized spacial score (nSPS) is 16.2. The molecule has 0 N–H and O–H groups in total. The summed E-state index contributed by atoms with van der Waals surface area (Å²) >= 11 is 5.95. The van der Waals surface area contributed by atoms with E-state index in [0.29, 0.717) is 6.10 Å². The minimum absolute atomic E-state index is 0.292. The molecule has 25 heavy (non-hydrogen) atoms. The lowest BCUT2D eigenvalue weighted by atomic mass is 10.1. The number of hydrogen-bond donors (Lipinski definition) is 0.